The van der Waals surface area contributed by atoms with Crippen LogP contribution in [0.3, 0.4) is 0 Å². The lowest BCUT2D eigenvalue weighted by atomic mass is 9.95. The first-order valence-electron chi connectivity index (χ1n) is 13.7. The quantitative estimate of drug-likeness (QED) is 0.269. The molecule has 0 fully saturated rings. The number of ether oxygens (including phenoxy) is 1. The van der Waals surface area contributed by atoms with Crippen LogP contribution < -0.4 is 14.9 Å². The van der Waals surface area contributed by atoms with Crippen molar-refractivity contribution < 1.29 is 9.53 Å². The van der Waals surface area contributed by atoms with E-state index in [0.29, 0.717) is 32.7 Å². The maximum absolute atomic E-state index is 14.1. The van der Waals surface area contributed by atoms with Crippen LogP contribution in [0.25, 0.3) is 17.0 Å². The van der Waals surface area contributed by atoms with Gasteiger partial charge in [-0.1, -0.05) is 77.6 Å². The van der Waals surface area contributed by atoms with Gasteiger partial charge in [-0.25, -0.2) is 9.79 Å². The van der Waals surface area contributed by atoms with Gasteiger partial charge in [-0.3, -0.25) is 9.36 Å². The van der Waals surface area contributed by atoms with Gasteiger partial charge < -0.3 is 9.30 Å². The van der Waals surface area contributed by atoms with E-state index in [1.807, 2.05) is 92.0 Å². The van der Waals surface area contributed by atoms with Crippen molar-refractivity contribution in [1.82, 2.24) is 9.13 Å². The van der Waals surface area contributed by atoms with Crippen molar-refractivity contribution in [3.63, 3.8) is 0 Å². The number of nitriles is 1. The van der Waals surface area contributed by atoms with Crippen molar-refractivity contribution in [2.75, 3.05) is 6.61 Å². The molecule has 0 saturated heterocycles. The third-order valence-corrected chi connectivity index (χ3v) is 8.48. The fraction of sp³-hybridized carbons (Fsp3) is 0.176. The van der Waals surface area contributed by atoms with Crippen molar-refractivity contribution in [3.05, 3.63) is 138 Å². The Balaban J connectivity index is 1.52. The number of allylic oxidation sites excluding steroid dienone is 1. The van der Waals surface area contributed by atoms with Gasteiger partial charge in [0.05, 0.1) is 40.1 Å². The minimum Gasteiger partial charge on any atom is -0.463 e. The first kappa shape index (κ1) is 27.2. The highest BCUT2D eigenvalue weighted by atomic mass is 32.1. The van der Waals surface area contributed by atoms with Crippen LogP contribution >= 0.6 is 11.3 Å². The monoisotopic (exact) mass is 572 g/mol. The average molecular weight is 573 g/mol. The summed E-state index contributed by atoms with van der Waals surface area (Å²) in [4.78, 5) is 32.5. The lowest BCUT2D eigenvalue weighted by Crippen LogP contribution is -2.39. The van der Waals surface area contributed by atoms with Crippen LogP contribution in [-0.4, -0.2) is 21.7 Å². The van der Waals surface area contributed by atoms with Gasteiger partial charge in [-0.05, 0) is 50.1 Å². The zero-order valence-electron chi connectivity index (χ0n) is 23.5. The minimum absolute atomic E-state index is 0.217. The summed E-state index contributed by atoms with van der Waals surface area (Å²) in [5, 5.41) is 10.6. The van der Waals surface area contributed by atoms with Crippen molar-refractivity contribution in [1.29, 1.82) is 5.26 Å². The lowest BCUT2D eigenvalue weighted by molar-refractivity contribution is -0.139. The molecule has 0 aliphatic carbocycles. The maximum Gasteiger partial charge on any atom is 0.338 e. The Bertz CT molecular complexity index is 2110. The van der Waals surface area contributed by atoms with E-state index in [1.165, 1.54) is 11.3 Å². The molecule has 2 aromatic heterocycles. The number of hydrogen-bond acceptors (Lipinski definition) is 6. The summed E-state index contributed by atoms with van der Waals surface area (Å²) >= 11 is 1.31. The zero-order chi connectivity index (χ0) is 29.4. The van der Waals surface area contributed by atoms with Gasteiger partial charge in [0.15, 0.2) is 4.80 Å². The van der Waals surface area contributed by atoms with Crippen molar-refractivity contribution >= 4 is 34.3 Å². The molecular formula is C34H28N4O3S. The molecule has 1 aliphatic heterocycles. The molecule has 7 nitrogen and oxygen atoms in total. The van der Waals surface area contributed by atoms with Crippen LogP contribution in [0.15, 0.2) is 100 Å². The van der Waals surface area contributed by atoms with E-state index < -0.39 is 12.0 Å². The average Bonchev–Trinajstić information content (AvgIpc) is 3.49. The summed E-state index contributed by atoms with van der Waals surface area (Å²) in [5.41, 5.74) is 6.04. The molecule has 3 heterocycles. The van der Waals surface area contributed by atoms with Gasteiger partial charge in [-0.2, -0.15) is 5.26 Å². The zero-order valence-corrected chi connectivity index (χ0v) is 24.3. The van der Waals surface area contributed by atoms with Gasteiger partial charge in [0.2, 0.25) is 0 Å². The van der Waals surface area contributed by atoms with E-state index >= 15 is 0 Å². The van der Waals surface area contributed by atoms with Crippen LogP contribution in [0.2, 0.25) is 0 Å². The normalized spacial score (nSPS) is 14.9. The number of hydrogen-bond donors (Lipinski definition) is 0. The number of carbonyl (C=O) groups is 1. The molecule has 0 saturated carbocycles. The summed E-state index contributed by atoms with van der Waals surface area (Å²) in [6, 6.07) is 25.1. The molecule has 5 aromatic rings. The molecule has 3 aromatic carbocycles. The molecule has 42 heavy (non-hydrogen) atoms. The fourth-order valence-corrected chi connectivity index (χ4v) is 6.51. The highest BCUT2D eigenvalue weighted by Gasteiger charge is 2.33. The lowest BCUT2D eigenvalue weighted by Gasteiger charge is -2.24. The third kappa shape index (κ3) is 4.78. The highest BCUT2D eigenvalue weighted by molar-refractivity contribution is 7.07. The molecule has 0 spiro atoms. The summed E-state index contributed by atoms with van der Waals surface area (Å²) in [5.74, 6) is -0.473. The number of aromatic nitrogens is 2. The maximum atomic E-state index is 14.1. The first-order chi connectivity index (χ1) is 20.4. The molecule has 0 radical (unpaired) electrons. The Labute approximate surface area is 246 Å². The number of fused-ring (bicyclic) bond motifs is 2. The second-order valence-electron chi connectivity index (χ2n) is 10.2. The van der Waals surface area contributed by atoms with Gasteiger partial charge in [-0.15, -0.1) is 0 Å². The molecule has 208 valence electrons. The highest BCUT2D eigenvalue weighted by Crippen LogP contribution is 2.31. The van der Waals surface area contributed by atoms with Gasteiger partial charge >= 0.3 is 5.97 Å². The Morgan fingerprint density at radius 3 is 2.57 bits per heavy atom. The van der Waals surface area contributed by atoms with Crippen LogP contribution in [0, 0.1) is 18.3 Å². The summed E-state index contributed by atoms with van der Waals surface area (Å²) in [6.07, 6.45) is 3.91. The van der Waals surface area contributed by atoms with E-state index in [2.05, 4.69) is 10.6 Å². The smallest absolute Gasteiger partial charge is 0.338 e. The Kier molecular flexibility index (Phi) is 7.19. The van der Waals surface area contributed by atoms with E-state index in [9.17, 15) is 14.9 Å². The van der Waals surface area contributed by atoms with Crippen LogP contribution in [-0.2, 0) is 16.1 Å². The first-order valence-corrected chi connectivity index (χ1v) is 14.5. The largest absolute Gasteiger partial charge is 0.463 e. The summed E-state index contributed by atoms with van der Waals surface area (Å²) in [7, 11) is 0. The van der Waals surface area contributed by atoms with Crippen LogP contribution in [0.5, 0.6) is 0 Å². The van der Waals surface area contributed by atoms with E-state index in [1.54, 1.807) is 18.4 Å². The molecule has 0 amide bonds. The number of esters is 1. The molecule has 0 bridgehead atoms. The molecule has 1 atom stereocenters. The molecule has 8 heteroatoms. The van der Waals surface area contributed by atoms with Gasteiger partial charge in [0.25, 0.3) is 5.56 Å². The number of benzene rings is 3. The summed E-state index contributed by atoms with van der Waals surface area (Å²) in [6.45, 7) is 6.30. The fourth-order valence-electron chi connectivity index (χ4n) is 5.47. The topological polar surface area (TPSA) is 89.4 Å². The molecule has 0 unspecified atom stereocenters. The van der Waals surface area contributed by atoms with E-state index in [4.69, 9.17) is 9.73 Å². The number of nitrogens with zero attached hydrogens (tertiary/aromatic N) is 4. The predicted molar refractivity (Wildman–Crippen MR) is 164 cm³/mol. The van der Waals surface area contributed by atoms with Gasteiger partial charge in [0.1, 0.15) is 0 Å². The number of rotatable bonds is 6. The molecule has 0 N–H and O–H groups in total. The number of carbonyl (C=O) groups excluding carboxylic acids is 1. The second kappa shape index (κ2) is 11.1. The second-order valence-corrected chi connectivity index (χ2v) is 11.2. The van der Waals surface area contributed by atoms with Crippen molar-refractivity contribution in [2.45, 2.75) is 33.4 Å². The minimum atomic E-state index is -0.646. The molecule has 6 rings (SSSR count). The van der Waals surface area contributed by atoms with Crippen LogP contribution in [0.4, 0.5) is 0 Å². The van der Waals surface area contributed by atoms with Crippen LogP contribution in [0.1, 0.15) is 47.7 Å². The Morgan fingerprint density at radius 2 is 1.81 bits per heavy atom. The van der Waals surface area contributed by atoms with Gasteiger partial charge in [0, 0.05) is 29.2 Å². The third-order valence-electron chi connectivity index (χ3n) is 7.49. The molecular weight excluding hydrogens is 544 g/mol. The van der Waals surface area contributed by atoms with Crippen molar-refractivity contribution in [3.8, 4) is 6.07 Å². The Hall–Kier alpha value is -5.00. The number of aryl methyl sites for hydroxylation is 1. The van der Waals surface area contributed by atoms with E-state index in [0.717, 1.165) is 33.2 Å². The van der Waals surface area contributed by atoms with E-state index in [-0.39, 0.29) is 12.2 Å². The number of para-hydroxylation sites is 1. The van der Waals surface area contributed by atoms with Crippen molar-refractivity contribution in [2.24, 2.45) is 4.99 Å². The number of thiazole rings is 1. The Morgan fingerprint density at radius 1 is 1.07 bits per heavy atom. The SMILES string of the molecule is CCOC(=O)C1=C(C)N=c2s/c(=C/c3cn(Cc4ccccc4C#N)c4ccccc34)c(=O)n2[C@@H]1c1ccc(C)cc1. The standard InChI is InChI=1S/C34H28N4O3S/c1-4-41-33(40)30-22(3)36-34-38(31(30)23-15-13-21(2)14-16-23)32(39)29(42-34)17-26-20-37(28-12-8-7-11-27(26)28)19-25-10-6-5-9-24(25)18-35/h5-17,20,31H,4,19H2,1-3H3/b29-17+/t31-/m1/s1. The summed E-state index contributed by atoms with van der Waals surface area (Å²) < 4.78 is 9.64. The predicted octanol–water partition coefficient (Wildman–Crippen LogP) is 4.98. The molecule has 1 aliphatic rings.